The van der Waals surface area contributed by atoms with Crippen molar-refractivity contribution >= 4 is 13.0 Å². The van der Waals surface area contributed by atoms with E-state index in [1.165, 1.54) is 0 Å². The molecule has 0 aromatic heterocycles. The minimum absolute atomic E-state index is 0.114. The van der Waals surface area contributed by atoms with Gasteiger partial charge in [0.05, 0.1) is 0 Å². The zero-order valence-electron chi connectivity index (χ0n) is 8.26. The first-order valence-corrected chi connectivity index (χ1v) is 4.39. The summed E-state index contributed by atoms with van der Waals surface area (Å²) in [5, 5.41) is 14.4. The van der Waals surface area contributed by atoms with E-state index in [1.807, 2.05) is 0 Å². The Morgan fingerprint density at radius 2 is 2.15 bits per heavy atom. The van der Waals surface area contributed by atoms with Gasteiger partial charge in [-0.3, -0.25) is 4.79 Å². The number of rotatable bonds is 6. The molecule has 0 aliphatic heterocycles. The summed E-state index contributed by atoms with van der Waals surface area (Å²) in [6, 6.07) is 0. The Labute approximate surface area is 79.5 Å². The van der Waals surface area contributed by atoms with Gasteiger partial charge in [-0.15, -0.1) is 0 Å². The molecule has 0 spiro atoms. The second-order valence-electron chi connectivity index (χ2n) is 3.02. The molecule has 3 N–H and O–H groups in total. The Kier molecular flexibility index (Phi) is 6.27. The average Bonchev–Trinajstić information content (AvgIpc) is 2.02. The van der Waals surface area contributed by atoms with Crippen molar-refractivity contribution in [2.75, 3.05) is 13.1 Å². The fraction of sp³-hybridized carbons (Fsp3) is 0.625. The van der Waals surface area contributed by atoms with Crippen LogP contribution in [0.5, 0.6) is 0 Å². The molecule has 0 saturated heterocycles. The van der Waals surface area contributed by atoms with Gasteiger partial charge < -0.3 is 15.6 Å². The molecule has 0 aliphatic carbocycles. The van der Waals surface area contributed by atoms with Crippen molar-refractivity contribution in [2.45, 2.75) is 20.2 Å². The Morgan fingerprint density at radius 3 is 2.62 bits per heavy atom. The largest absolute Gasteiger partial charge is 0.437 e. The molecular weight excluding hydrogens is 167 g/mol. The minimum atomic E-state index is -0.489. The molecule has 0 radical (unpaired) electrons. The molecule has 0 unspecified atom stereocenters. The fourth-order valence-corrected chi connectivity index (χ4v) is 0.752. The van der Waals surface area contributed by atoms with E-state index in [4.69, 9.17) is 5.02 Å². The lowest BCUT2D eigenvalue weighted by Gasteiger charge is -2.05. The van der Waals surface area contributed by atoms with Crippen molar-refractivity contribution in [3.8, 4) is 0 Å². The van der Waals surface area contributed by atoms with Crippen LogP contribution in [0, 0.1) is 0 Å². The smallest absolute Gasteiger partial charge is 0.373 e. The molecular formula is C8H17BN2O2. The van der Waals surface area contributed by atoms with Crippen LogP contribution < -0.4 is 10.5 Å². The molecule has 13 heavy (non-hydrogen) atoms. The van der Waals surface area contributed by atoms with E-state index in [1.54, 1.807) is 13.7 Å². The lowest BCUT2D eigenvalue weighted by Crippen LogP contribution is -2.33. The lowest BCUT2D eigenvalue weighted by molar-refractivity contribution is -0.117. The third-order valence-electron chi connectivity index (χ3n) is 1.47. The summed E-state index contributed by atoms with van der Waals surface area (Å²) in [6.45, 7) is 8.13. The van der Waals surface area contributed by atoms with E-state index in [2.05, 4.69) is 17.1 Å². The van der Waals surface area contributed by atoms with Crippen LogP contribution in [0.2, 0.25) is 6.82 Å². The monoisotopic (exact) mass is 184 g/mol. The van der Waals surface area contributed by atoms with Gasteiger partial charge in [-0.05, 0) is 26.7 Å². The SMILES string of the molecule is C=C(C)C(=O)NCCCNB(C)O. The Bertz CT molecular complexity index is 183. The predicted molar refractivity (Wildman–Crippen MR) is 54.3 cm³/mol. The molecule has 0 rings (SSSR count). The third-order valence-corrected chi connectivity index (χ3v) is 1.47. The van der Waals surface area contributed by atoms with Crippen LogP contribution in [0.1, 0.15) is 13.3 Å². The first-order valence-electron chi connectivity index (χ1n) is 4.39. The van der Waals surface area contributed by atoms with Crippen LogP contribution in [0.4, 0.5) is 0 Å². The first kappa shape index (κ1) is 12.2. The molecule has 5 heteroatoms. The van der Waals surface area contributed by atoms with E-state index >= 15 is 0 Å². The predicted octanol–water partition coefficient (Wildman–Crippen LogP) is -0.231. The topological polar surface area (TPSA) is 61.4 Å². The molecule has 0 aliphatic rings. The molecule has 4 nitrogen and oxygen atoms in total. The molecule has 0 aromatic carbocycles. The van der Waals surface area contributed by atoms with Gasteiger partial charge in [-0.1, -0.05) is 6.58 Å². The average molecular weight is 184 g/mol. The van der Waals surface area contributed by atoms with Gasteiger partial charge in [0.15, 0.2) is 0 Å². The Balaban J connectivity index is 3.26. The second-order valence-corrected chi connectivity index (χ2v) is 3.02. The minimum Gasteiger partial charge on any atom is -0.437 e. The molecule has 0 aromatic rings. The number of hydrogen-bond acceptors (Lipinski definition) is 3. The standard InChI is InChI=1S/C8H17BN2O2/c1-7(2)8(12)10-5-4-6-11-9(3)13/h11,13H,1,4-6H2,2-3H3,(H,10,12). The zero-order valence-corrected chi connectivity index (χ0v) is 8.26. The summed E-state index contributed by atoms with van der Waals surface area (Å²) >= 11 is 0. The van der Waals surface area contributed by atoms with Gasteiger partial charge in [0.1, 0.15) is 0 Å². The highest BCUT2D eigenvalue weighted by atomic mass is 16.2. The fourth-order valence-electron chi connectivity index (χ4n) is 0.752. The van der Waals surface area contributed by atoms with Crippen LogP contribution in [-0.4, -0.2) is 31.1 Å². The third kappa shape index (κ3) is 7.55. The van der Waals surface area contributed by atoms with Crippen molar-refractivity contribution in [1.82, 2.24) is 10.5 Å². The van der Waals surface area contributed by atoms with E-state index in [9.17, 15) is 4.79 Å². The number of amides is 1. The first-order chi connectivity index (χ1) is 6.04. The van der Waals surface area contributed by atoms with E-state index in [0.717, 1.165) is 6.42 Å². The summed E-state index contributed by atoms with van der Waals surface area (Å²) in [6.07, 6.45) is 0.796. The van der Waals surface area contributed by atoms with E-state index in [0.29, 0.717) is 18.7 Å². The van der Waals surface area contributed by atoms with E-state index in [-0.39, 0.29) is 5.91 Å². The van der Waals surface area contributed by atoms with Crippen LogP contribution in [0.3, 0.4) is 0 Å². The van der Waals surface area contributed by atoms with Crippen LogP contribution >= 0.6 is 0 Å². The summed E-state index contributed by atoms with van der Waals surface area (Å²) in [5.41, 5.74) is 0.517. The Morgan fingerprint density at radius 1 is 1.54 bits per heavy atom. The Hall–Kier alpha value is -0.805. The maximum atomic E-state index is 11.0. The van der Waals surface area contributed by atoms with Gasteiger partial charge in [0.2, 0.25) is 5.91 Å². The van der Waals surface area contributed by atoms with Gasteiger partial charge in [0, 0.05) is 12.1 Å². The molecule has 0 heterocycles. The number of nitrogens with one attached hydrogen (secondary N) is 2. The summed E-state index contributed by atoms with van der Waals surface area (Å²) in [4.78, 5) is 11.0. The van der Waals surface area contributed by atoms with Gasteiger partial charge >= 0.3 is 7.05 Å². The highest BCUT2D eigenvalue weighted by molar-refractivity contribution is 6.45. The van der Waals surface area contributed by atoms with Gasteiger partial charge in [0.25, 0.3) is 0 Å². The number of carbonyl (C=O) groups is 1. The van der Waals surface area contributed by atoms with Gasteiger partial charge in [-0.25, -0.2) is 0 Å². The lowest BCUT2D eigenvalue weighted by atomic mass is 9.89. The second kappa shape index (κ2) is 6.68. The molecule has 0 fully saturated rings. The molecule has 0 saturated carbocycles. The highest BCUT2D eigenvalue weighted by Crippen LogP contribution is 1.85. The van der Waals surface area contributed by atoms with Crippen LogP contribution in [0.15, 0.2) is 12.2 Å². The quantitative estimate of drug-likeness (QED) is 0.303. The summed E-state index contributed by atoms with van der Waals surface area (Å²) < 4.78 is 0. The molecule has 1 amide bonds. The van der Waals surface area contributed by atoms with Crippen molar-refractivity contribution < 1.29 is 9.82 Å². The van der Waals surface area contributed by atoms with E-state index < -0.39 is 7.05 Å². The van der Waals surface area contributed by atoms with Crippen molar-refractivity contribution in [3.63, 3.8) is 0 Å². The number of carbonyl (C=O) groups excluding carboxylic acids is 1. The van der Waals surface area contributed by atoms with Crippen LogP contribution in [0.25, 0.3) is 0 Å². The van der Waals surface area contributed by atoms with Crippen molar-refractivity contribution in [2.24, 2.45) is 0 Å². The van der Waals surface area contributed by atoms with Crippen molar-refractivity contribution in [3.05, 3.63) is 12.2 Å². The van der Waals surface area contributed by atoms with Gasteiger partial charge in [-0.2, -0.15) is 0 Å². The summed E-state index contributed by atoms with van der Waals surface area (Å²) in [7, 11) is -0.489. The van der Waals surface area contributed by atoms with Crippen molar-refractivity contribution in [1.29, 1.82) is 0 Å². The normalized spacial score (nSPS) is 9.46. The number of hydrogen-bond donors (Lipinski definition) is 3. The zero-order chi connectivity index (χ0) is 10.3. The molecule has 0 bridgehead atoms. The molecule has 74 valence electrons. The van der Waals surface area contributed by atoms with Crippen LogP contribution in [-0.2, 0) is 4.79 Å². The maximum absolute atomic E-state index is 11.0. The molecule has 0 atom stereocenters. The maximum Gasteiger partial charge on any atom is 0.373 e. The highest BCUT2D eigenvalue weighted by Gasteiger charge is 2.01. The summed E-state index contributed by atoms with van der Waals surface area (Å²) in [5.74, 6) is -0.114.